The molecule has 0 aliphatic carbocycles. The first-order valence-corrected chi connectivity index (χ1v) is 10.8. The first kappa shape index (κ1) is 19.9. The van der Waals surface area contributed by atoms with Gasteiger partial charge in [0.2, 0.25) is 10.0 Å². The molecule has 154 valence electrons. The van der Waals surface area contributed by atoms with Gasteiger partial charge in [-0.25, -0.2) is 17.5 Å². The maximum Gasteiger partial charge on any atom is 0.240 e. The molecule has 0 saturated carbocycles. The quantitative estimate of drug-likeness (QED) is 0.471. The molecule has 2 aromatic carbocycles. The molecule has 0 bridgehead atoms. The predicted molar refractivity (Wildman–Crippen MR) is 111 cm³/mol. The van der Waals surface area contributed by atoms with Crippen LogP contribution in [-0.2, 0) is 16.6 Å². The summed E-state index contributed by atoms with van der Waals surface area (Å²) in [6.45, 7) is 2.51. The van der Waals surface area contributed by atoms with Gasteiger partial charge >= 0.3 is 0 Å². The first-order chi connectivity index (χ1) is 14.5. The molecule has 0 unspecified atom stereocenters. The van der Waals surface area contributed by atoms with Crippen LogP contribution >= 0.6 is 0 Å². The van der Waals surface area contributed by atoms with Crippen molar-refractivity contribution in [3.8, 4) is 11.4 Å². The van der Waals surface area contributed by atoms with Crippen molar-refractivity contribution in [2.24, 2.45) is 0 Å². The summed E-state index contributed by atoms with van der Waals surface area (Å²) in [5, 5.41) is 15.9. The third kappa shape index (κ3) is 4.14. The van der Waals surface area contributed by atoms with Crippen LogP contribution in [0.2, 0.25) is 0 Å². The second-order valence-electron chi connectivity index (χ2n) is 6.52. The number of fused-ring (bicyclic) bond motifs is 1. The minimum absolute atomic E-state index is 0.219. The van der Waals surface area contributed by atoms with Gasteiger partial charge in [0.05, 0.1) is 4.90 Å². The Kier molecular flexibility index (Phi) is 5.42. The second-order valence-corrected chi connectivity index (χ2v) is 8.29. The first-order valence-electron chi connectivity index (χ1n) is 9.27. The van der Waals surface area contributed by atoms with Crippen LogP contribution in [0.4, 0.5) is 10.2 Å². The lowest BCUT2D eigenvalue weighted by Crippen LogP contribution is -2.23. The summed E-state index contributed by atoms with van der Waals surface area (Å²) in [7, 11) is -3.47. The van der Waals surface area contributed by atoms with E-state index in [1.54, 1.807) is 60.0 Å². The fraction of sp³-hybridized carbons (Fsp3) is 0.150. The molecule has 10 heteroatoms. The largest absolute Gasteiger partial charge is 0.365 e. The van der Waals surface area contributed by atoms with E-state index in [0.717, 1.165) is 5.56 Å². The number of rotatable bonds is 7. The van der Waals surface area contributed by atoms with E-state index in [4.69, 9.17) is 0 Å². The van der Waals surface area contributed by atoms with Crippen LogP contribution in [0.25, 0.3) is 17.0 Å². The summed E-state index contributed by atoms with van der Waals surface area (Å²) in [6.07, 6.45) is 0. The third-order valence-electron chi connectivity index (χ3n) is 4.39. The smallest absolute Gasteiger partial charge is 0.240 e. The second kappa shape index (κ2) is 8.17. The van der Waals surface area contributed by atoms with Crippen LogP contribution in [-0.4, -0.2) is 34.8 Å². The van der Waals surface area contributed by atoms with Crippen molar-refractivity contribution in [2.75, 3.05) is 11.9 Å². The maximum atomic E-state index is 13.6. The number of halogens is 1. The van der Waals surface area contributed by atoms with Crippen LogP contribution < -0.4 is 10.0 Å². The average molecular weight is 426 g/mol. The molecule has 0 atom stereocenters. The average Bonchev–Trinajstić information content (AvgIpc) is 3.16. The van der Waals surface area contributed by atoms with E-state index in [2.05, 4.69) is 25.3 Å². The molecule has 0 aliphatic rings. The third-order valence-corrected chi connectivity index (χ3v) is 5.95. The summed E-state index contributed by atoms with van der Waals surface area (Å²) < 4.78 is 41.6. The van der Waals surface area contributed by atoms with Crippen LogP contribution in [0.1, 0.15) is 12.5 Å². The molecule has 0 fully saturated rings. The number of nitrogens with one attached hydrogen (secondary N) is 2. The van der Waals surface area contributed by atoms with Gasteiger partial charge in [-0.15, -0.1) is 15.3 Å². The number of nitrogens with zero attached hydrogens (tertiary/aromatic N) is 4. The molecule has 4 rings (SSSR count). The van der Waals surface area contributed by atoms with Crippen molar-refractivity contribution < 1.29 is 12.8 Å². The van der Waals surface area contributed by atoms with Crippen LogP contribution in [0.3, 0.4) is 0 Å². The van der Waals surface area contributed by atoms with Gasteiger partial charge in [0.15, 0.2) is 11.5 Å². The maximum absolute atomic E-state index is 13.6. The highest BCUT2D eigenvalue weighted by molar-refractivity contribution is 7.89. The summed E-state index contributed by atoms with van der Waals surface area (Å²) in [5.41, 5.74) is 2.00. The SMILES string of the molecule is CCNS(=O)(=O)c1ccc(CNc2ccc3nnc(-c4cccc(F)c4)n3n2)cc1. The van der Waals surface area contributed by atoms with E-state index in [9.17, 15) is 12.8 Å². The zero-order valence-corrected chi connectivity index (χ0v) is 16.9. The van der Waals surface area contributed by atoms with Crippen molar-refractivity contribution >= 4 is 21.5 Å². The van der Waals surface area contributed by atoms with Crippen molar-refractivity contribution in [3.05, 3.63) is 72.0 Å². The molecule has 0 spiro atoms. The van der Waals surface area contributed by atoms with Gasteiger partial charge in [-0.05, 0) is 42.0 Å². The van der Waals surface area contributed by atoms with Gasteiger partial charge in [0.25, 0.3) is 0 Å². The zero-order chi connectivity index (χ0) is 21.1. The molecule has 2 N–H and O–H groups in total. The Hall–Kier alpha value is -3.37. The van der Waals surface area contributed by atoms with Crippen LogP contribution in [0.15, 0.2) is 65.6 Å². The molecular weight excluding hydrogens is 407 g/mol. The van der Waals surface area contributed by atoms with Gasteiger partial charge in [-0.3, -0.25) is 0 Å². The molecule has 0 amide bonds. The summed E-state index contributed by atoms with van der Waals surface area (Å²) in [4.78, 5) is 0.219. The van der Waals surface area contributed by atoms with Crippen molar-refractivity contribution in [1.29, 1.82) is 0 Å². The molecule has 0 saturated heterocycles. The lowest BCUT2D eigenvalue weighted by atomic mass is 10.2. The van der Waals surface area contributed by atoms with Crippen LogP contribution in [0, 0.1) is 5.82 Å². The molecule has 0 radical (unpaired) electrons. The Morgan fingerprint density at radius 3 is 2.57 bits per heavy atom. The van der Waals surface area contributed by atoms with Gasteiger partial charge in [0.1, 0.15) is 11.6 Å². The van der Waals surface area contributed by atoms with Gasteiger partial charge in [-0.1, -0.05) is 31.2 Å². The van der Waals surface area contributed by atoms with Gasteiger partial charge in [0, 0.05) is 18.7 Å². The minimum atomic E-state index is -3.47. The lowest BCUT2D eigenvalue weighted by Gasteiger charge is -2.08. The van der Waals surface area contributed by atoms with Crippen LogP contribution in [0.5, 0.6) is 0 Å². The highest BCUT2D eigenvalue weighted by atomic mass is 32.2. The van der Waals surface area contributed by atoms with E-state index in [-0.39, 0.29) is 10.7 Å². The van der Waals surface area contributed by atoms with E-state index in [1.807, 2.05) is 0 Å². The Bertz CT molecular complexity index is 1290. The lowest BCUT2D eigenvalue weighted by molar-refractivity contribution is 0.584. The predicted octanol–water partition coefficient (Wildman–Crippen LogP) is 2.84. The number of aromatic nitrogens is 4. The highest BCUT2D eigenvalue weighted by Gasteiger charge is 2.13. The standard InChI is InChI=1S/C20H19FN6O2S/c1-2-23-30(28,29)17-8-6-14(7-9-17)13-22-18-10-11-19-24-25-20(27(19)26-18)15-4-3-5-16(21)12-15/h3-12,23H,2,13H2,1H3,(H,22,26). The highest BCUT2D eigenvalue weighted by Crippen LogP contribution is 2.19. The van der Waals surface area contributed by atoms with Crippen molar-refractivity contribution in [2.45, 2.75) is 18.4 Å². The normalized spacial score (nSPS) is 11.7. The summed E-state index contributed by atoms with van der Waals surface area (Å²) in [6, 6.07) is 16.2. The summed E-state index contributed by atoms with van der Waals surface area (Å²) >= 11 is 0. The molecule has 30 heavy (non-hydrogen) atoms. The number of benzene rings is 2. The van der Waals surface area contributed by atoms with Crippen molar-refractivity contribution in [3.63, 3.8) is 0 Å². The Labute approximate surface area is 172 Å². The Morgan fingerprint density at radius 2 is 1.83 bits per heavy atom. The van der Waals surface area contributed by atoms with Crippen molar-refractivity contribution in [1.82, 2.24) is 24.5 Å². The summed E-state index contributed by atoms with van der Waals surface area (Å²) in [5.74, 6) is 0.647. The van der Waals surface area contributed by atoms with Gasteiger partial charge in [-0.2, -0.15) is 4.52 Å². The fourth-order valence-corrected chi connectivity index (χ4v) is 3.98. The molecular formula is C20H19FN6O2S. The molecule has 2 heterocycles. The molecule has 4 aromatic rings. The molecule has 8 nitrogen and oxygen atoms in total. The monoisotopic (exact) mass is 426 g/mol. The molecule has 0 aliphatic heterocycles. The van der Waals surface area contributed by atoms with Gasteiger partial charge < -0.3 is 5.32 Å². The zero-order valence-electron chi connectivity index (χ0n) is 16.1. The Morgan fingerprint density at radius 1 is 1.03 bits per heavy atom. The molecule has 2 aromatic heterocycles. The Balaban J connectivity index is 1.53. The number of hydrogen-bond donors (Lipinski definition) is 2. The van der Waals surface area contributed by atoms with E-state index in [1.165, 1.54) is 12.1 Å². The number of sulfonamides is 1. The van der Waals surface area contributed by atoms with E-state index >= 15 is 0 Å². The minimum Gasteiger partial charge on any atom is -0.365 e. The number of hydrogen-bond acceptors (Lipinski definition) is 6. The van der Waals surface area contributed by atoms with E-state index in [0.29, 0.717) is 35.9 Å². The van der Waals surface area contributed by atoms with E-state index < -0.39 is 10.0 Å². The fourth-order valence-electron chi connectivity index (χ4n) is 2.94. The number of anilines is 1. The topological polar surface area (TPSA) is 101 Å².